The molecule has 2 N–H and O–H groups in total. The third-order valence-electron chi connectivity index (χ3n) is 11.5. The zero-order valence-electron chi connectivity index (χ0n) is 33.8. The van der Waals surface area contributed by atoms with Crippen molar-refractivity contribution in [3.8, 4) is 0 Å². The average molecular weight is 896 g/mol. The van der Waals surface area contributed by atoms with E-state index in [1.807, 2.05) is 0 Å². The quantitative estimate of drug-likeness (QED) is 0.241. The van der Waals surface area contributed by atoms with Gasteiger partial charge in [-0.3, -0.25) is 0 Å². The summed E-state index contributed by atoms with van der Waals surface area (Å²) in [6.07, 6.45) is 9.20. The van der Waals surface area contributed by atoms with Crippen LogP contribution in [0.2, 0.25) is 0 Å². The summed E-state index contributed by atoms with van der Waals surface area (Å²) < 4.78 is 0. The molecule has 1 aliphatic carbocycles. The van der Waals surface area contributed by atoms with Crippen LogP contribution in [-0.2, 0) is 26.7 Å². The molecule has 6 rings (SSSR count). The molecule has 3 aliphatic rings. The predicted octanol–water partition coefficient (Wildman–Crippen LogP) is 10.4. The van der Waals surface area contributed by atoms with Gasteiger partial charge in [-0.2, -0.15) is 6.67 Å². The summed E-state index contributed by atoms with van der Waals surface area (Å²) in [5, 5.41) is 26.4. The normalized spacial score (nSPS) is 17.2. The van der Waals surface area contributed by atoms with Crippen LogP contribution in [0.3, 0.4) is 0 Å². The van der Waals surface area contributed by atoms with Crippen LogP contribution in [-0.4, -0.2) is 31.5 Å². The average Bonchev–Trinajstić information content (AvgIpc) is 3.53. The molecule has 0 saturated carbocycles. The van der Waals surface area contributed by atoms with Crippen molar-refractivity contribution in [3.05, 3.63) is 145 Å². The van der Waals surface area contributed by atoms with Gasteiger partial charge in [0.05, 0.1) is 0 Å². The van der Waals surface area contributed by atoms with Gasteiger partial charge in [0.25, 0.3) is 0 Å². The van der Waals surface area contributed by atoms with Crippen LogP contribution >= 0.6 is 0 Å². The van der Waals surface area contributed by atoms with Crippen molar-refractivity contribution in [1.29, 1.82) is 0 Å². The van der Waals surface area contributed by atoms with Gasteiger partial charge < -0.3 is 29.8 Å². The van der Waals surface area contributed by atoms with Gasteiger partial charge in [-0.15, -0.1) is 6.67 Å². The minimum atomic E-state index is -1.29. The molecule has 0 amide bonds. The van der Waals surface area contributed by atoms with Crippen LogP contribution in [0, 0.1) is 35.0 Å². The first-order valence-electron chi connectivity index (χ1n) is 18.7. The fraction of sp³-hybridized carbons (Fsp3) is 0.435. The van der Waals surface area contributed by atoms with Gasteiger partial charge in [0, 0.05) is 50.8 Å². The van der Waals surface area contributed by atoms with Crippen molar-refractivity contribution < 1.29 is 31.3 Å². The summed E-state index contributed by atoms with van der Waals surface area (Å²) in [6, 6.07) is 29.7. The maximum atomic E-state index is 13.2. The minimum absolute atomic E-state index is 0. The molecule has 6 nitrogen and oxygen atoms in total. The number of aliphatic hydroxyl groups is 2. The number of benzene rings is 3. The molecule has 0 bridgehead atoms. The number of rotatable bonds is 6. The largest absolute Gasteiger partial charge is 2.00 e. The monoisotopic (exact) mass is 895 g/mol. The Kier molecular flexibility index (Phi) is 10.6. The van der Waals surface area contributed by atoms with Crippen molar-refractivity contribution >= 4 is 11.4 Å². The number of allylic oxidation sites excluding steroid dienone is 4. The number of nitrogens with zero attached hydrogens (tertiary/aromatic N) is 4. The van der Waals surface area contributed by atoms with Gasteiger partial charge in [-0.05, 0) is 29.3 Å². The second-order valence-corrected chi connectivity index (χ2v) is 18.8. The Morgan fingerprint density at radius 2 is 0.887 bits per heavy atom. The molecule has 0 saturated heterocycles. The van der Waals surface area contributed by atoms with Crippen molar-refractivity contribution in [1.82, 2.24) is 9.80 Å². The third kappa shape index (κ3) is 6.12. The van der Waals surface area contributed by atoms with E-state index in [9.17, 15) is 10.2 Å². The minimum Gasteiger partial charge on any atom is -0.478 e. The Morgan fingerprint density at radius 3 is 1.34 bits per heavy atom. The van der Waals surface area contributed by atoms with Gasteiger partial charge >= 0.3 is 21.1 Å². The van der Waals surface area contributed by atoms with Crippen LogP contribution in [0.5, 0.6) is 0 Å². The van der Waals surface area contributed by atoms with Crippen molar-refractivity contribution in [3.63, 3.8) is 0 Å². The van der Waals surface area contributed by atoms with E-state index in [0.717, 1.165) is 33.9 Å². The first-order chi connectivity index (χ1) is 24.1. The molecule has 0 spiro atoms. The maximum absolute atomic E-state index is 13.2. The number of anilines is 2. The van der Waals surface area contributed by atoms with Gasteiger partial charge in [0.15, 0.2) is 0 Å². The molecule has 2 aliphatic heterocycles. The molecule has 53 heavy (non-hydrogen) atoms. The molecule has 0 atom stereocenters. The van der Waals surface area contributed by atoms with Gasteiger partial charge in [0.2, 0.25) is 0 Å². The fourth-order valence-electron chi connectivity index (χ4n) is 9.33. The van der Waals surface area contributed by atoms with E-state index in [2.05, 4.69) is 225 Å². The Morgan fingerprint density at radius 1 is 0.491 bits per heavy atom. The first kappa shape index (κ1) is 40.9. The summed E-state index contributed by atoms with van der Waals surface area (Å²) >= 11 is 0. The van der Waals surface area contributed by atoms with Crippen LogP contribution in [0.1, 0.15) is 101 Å². The van der Waals surface area contributed by atoms with E-state index in [4.69, 9.17) is 0 Å². The van der Waals surface area contributed by atoms with E-state index in [1.54, 1.807) is 0 Å². The molecule has 286 valence electrons. The summed E-state index contributed by atoms with van der Waals surface area (Å²) in [5.41, 5.74) is 0.259. The number of hydrogen-bond acceptors (Lipinski definition) is 6. The predicted molar refractivity (Wildman–Crippen MR) is 215 cm³/mol. The zero-order chi connectivity index (χ0) is 38.1. The summed E-state index contributed by atoms with van der Waals surface area (Å²) in [4.78, 5) is 8.98. The molecule has 0 fully saturated rings. The SMILES string of the molecule is CC(C)(C)C(O)(N1[CH-]N(C(c2ccccc2)(c2ccccc2)N2[CH-]N(C(O)(C(C)(C)C)C(C)(C)C)c3ccccc32)C2=C1CC=CC=C2)C(C)(C)C.[Pt+2]. The fourth-order valence-corrected chi connectivity index (χ4v) is 9.33. The van der Waals surface area contributed by atoms with Crippen LogP contribution in [0.25, 0.3) is 0 Å². The summed E-state index contributed by atoms with van der Waals surface area (Å²) in [6.45, 7) is 29.7. The Bertz CT molecular complexity index is 1790. The molecule has 0 radical (unpaired) electrons. The van der Waals surface area contributed by atoms with E-state index < -0.39 is 38.8 Å². The molecule has 7 heteroatoms. The second kappa shape index (κ2) is 13.8. The molecule has 3 aromatic carbocycles. The van der Waals surface area contributed by atoms with Gasteiger partial charge in [-0.1, -0.05) is 174 Å². The molecular formula is C46H60N4O2Pt. The van der Waals surface area contributed by atoms with Gasteiger partial charge in [-0.25, -0.2) is 0 Å². The van der Waals surface area contributed by atoms with Crippen molar-refractivity contribution in [2.75, 3.05) is 9.80 Å². The maximum Gasteiger partial charge on any atom is 2.00 e. The number of hydrogen-bond donors (Lipinski definition) is 2. The number of para-hydroxylation sites is 2. The van der Waals surface area contributed by atoms with E-state index in [0.29, 0.717) is 6.42 Å². The Hall–Kier alpha value is -3.31. The summed E-state index contributed by atoms with van der Waals surface area (Å²) in [5.74, 6) is 0. The topological polar surface area (TPSA) is 53.4 Å². The Balaban J connectivity index is 0.00000541. The Labute approximate surface area is 334 Å². The molecule has 0 unspecified atom stereocenters. The second-order valence-electron chi connectivity index (χ2n) is 18.8. The van der Waals surface area contributed by atoms with E-state index in [-0.39, 0.29) is 21.1 Å². The molecule has 0 aromatic heterocycles. The molecule has 2 heterocycles. The van der Waals surface area contributed by atoms with E-state index >= 15 is 0 Å². The van der Waals surface area contributed by atoms with Crippen LogP contribution < -0.4 is 9.80 Å². The van der Waals surface area contributed by atoms with E-state index in [1.165, 1.54) is 0 Å². The first-order valence-corrected chi connectivity index (χ1v) is 18.7. The zero-order valence-corrected chi connectivity index (χ0v) is 36.0. The smallest absolute Gasteiger partial charge is 0.478 e. The molecular weight excluding hydrogens is 836 g/mol. The van der Waals surface area contributed by atoms with Crippen molar-refractivity contribution in [2.24, 2.45) is 21.7 Å². The standard InChI is InChI=1S/C46H60N4O2.Pt/c1-40(2,3)45(51,41(4,5)6)49-32-47(36-28-20-15-21-29-38(36)49)44(34-24-16-13-17-25-34,35-26-18-14-19-27-35)48-33-50(39-31-23-22-30-37(39)48)46(52,42(7,8)9)43(10,11)12;/h13-28,30-33,51-52H,29H2,1-12H3;/q-2;+2. The van der Waals surface area contributed by atoms with Gasteiger partial charge in [0.1, 0.15) is 17.1 Å². The third-order valence-corrected chi connectivity index (χ3v) is 11.5. The van der Waals surface area contributed by atoms with Crippen LogP contribution in [0.4, 0.5) is 11.4 Å². The summed E-state index contributed by atoms with van der Waals surface area (Å²) in [7, 11) is 0. The van der Waals surface area contributed by atoms with Crippen LogP contribution in [0.15, 0.2) is 121 Å². The molecule has 3 aromatic rings. The number of fused-ring (bicyclic) bond motifs is 1. The van der Waals surface area contributed by atoms with Crippen molar-refractivity contribution in [2.45, 2.75) is 107 Å².